The van der Waals surface area contributed by atoms with Crippen LogP contribution in [0.3, 0.4) is 0 Å². The maximum Gasteiger partial charge on any atom is 0.377 e. The van der Waals surface area contributed by atoms with E-state index in [2.05, 4.69) is 26.0 Å². The van der Waals surface area contributed by atoms with Crippen molar-refractivity contribution in [3.05, 3.63) is 75.7 Å². The minimum absolute atomic E-state index is 0.187. The molecule has 0 bridgehead atoms. The van der Waals surface area contributed by atoms with Crippen LogP contribution >= 0.6 is 27.5 Å². The molecule has 158 valence electrons. The summed E-state index contributed by atoms with van der Waals surface area (Å²) in [5.41, 5.74) is -0.880. The smallest absolute Gasteiger partial charge is 0.377 e. The number of benzene rings is 2. The van der Waals surface area contributed by atoms with Gasteiger partial charge in [0, 0.05) is 10.9 Å². The van der Waals surface area contributed by atoms with Gasteiger partial charge in [-0.15, -0.1) is 0 Å². The third-order valence-electron chi connectivity index (χ3n) is 5.03. The van der Waals surface area contributed by atoms with Crippen LogP contribution in [0.15, 0.2) is 65.2 Å². The number of anilines is 1. The van der Waals surface area contributed by atoms with E-state index in [1.165, 1.54) is 19.1 Å². The van der Waals surface area contributed by atoms with Crippen molar-refractivity contribution in [2.45, 2.75) is 30.7 Å². The van der Waals surface area contributed by atoms with E-state index < -0.39 is 35.6 Å². The molecule has 0 saturated heterocycles. The third kappa shape index (κ3) is 4.27. The second-order valence-corrected chi connectivity index (χ2v) is 8.23. The molecule has 0 aliphatic heterocycles. The molecule has 0 aromatic heterocycles. The molecule has 2 atom stereocenters. The Balaban J connectivity index is 2.09. The van der Waals surface area contributed by atoms with Crippen molar-refractivity contribution in [1.82, 2.24) is 0 Å². The van der Waals surface area contributed by atoms with Crippen molar-refractivity contribution in [3.63, 3.8) is 0 Å². The summed E-state index contributed by atoms with van der Waals surface area (Å²) in [4.78, 5) is 25.0. The van der Waals surface area contributed by atoms with E-state index in [0.717, 1.165) is 4.47 Å². The maximum atomic E-state index is 14.9. The number of ketones is 1. The molecule has 2 aromatic rings. The molecule has 30 heavy (non-hydrogen) atoms. The predicted molar refractivity (Wildman–Crippen MR) is 115 cm³/mol. The summed E-state index contributed by atoms with van der Waals surface area (Å²) in [6.45, 7) is 1.26. The number of carbonyl (C=O) groups is 2. The number of esters is 1. The Morgan fingerprint density at radius 3 is 2.53 bits per heavy atom. The Kier molecular flexibility index (Phi) is 6.62. The summed E-state index contributed by atoms with van der Waals surface area (Å²) in [5, 5.41) is 3.48. The largest absolute Gasteiger partial charge is 0.462 e. The van der Waals surface area contributed by atoms with E-state index in [9.17, 15) is 18.4 Å². The molecule has 1 N–H and O–H groups in total. The van der Waals surface area contributed by atoms with E-state index in [1.807, 2.05) is 0 Å². The molecule has 0 saturated carbocycles. The lowest BCUT2D eigenvalue weighted by Gasteiger charge is -2.37. The average Bonchev–Trinajstić information content (AvgIpc) is 3.00. The van der Waals surface area contributed by atoms with E-state index >= 15 is 0 Å². The fraction of sp³-hybridized carbons (Fsp3) is 0.273. The summed E-state index contributed by atoms with van der Waals surface area (Å²) >= 11 is 9.54. The van der Waals surface area contributed by atoms with E-state index in [0.29, 0.717) is 16.3 Å². The van der Waals surface area contributed by atoms with Crippen LogP contribution < -0.4 is 5.32 Å². The molecular weight excluding hydrogens is 480 g/mol. The summed E-state index contributed by atoms with van der Waals surface area (Å²) in [5.74, 6) is -6.05. The first kappa shape index (κ1) is 22.4. The van der Waals surface area contributed by atoms with Crippen LogP contribution in [0, 0.1) is 0 Å². The Labute approximate surface area is 186 Å². The van der Waals surface area contributed by atoms with Gasteiger partial charge in [-0.25, -0.2) is 4.79 Å². The number of alkyl halides is 2. The Morgan fingerprint density at radius 1 is 1.23 bits per heavy atom. The number of ether oxygens (including phenoxy) is 1. The number of hydrogen-bond donors (Lipinski definition) is 1. The van der Waals surface area contributed by atoms with Gasteiger partial charge < -0.3 is 10.1 Å². The average molecular weight is 499 g/mol. The zero-order chi connectivity index (χ0) is 21.9. The van der Waals surface area contributed by atoms with Crippen LogP contribution in [0.1, 0.15) is 18.9 Å². The van der Waals surface area contributed by atoms with Crippen LogP contribution in [0.4, 0.5) is 14.5 Å². The predicted octanol–water partition coefficient (Wildman–Crippen LogP) is 5.55. The standard InChI is InChI=1S/C22H19BrClF2NO3/c1-2-30-20(29)22(25,26)13-21(14-7-9-15(23)10-8-14)18(11-12-19(21)28)27-17-6-4-3-5-16(17)24/h3-12,18,27H,2,13H2,1H3/t18-,21-/m1/s1. The van der Waals surface area contributed by atoms with Gasteiger partial charge in [-0.05, 0) is 42.8 Å². The Morgan fingerprint density at radius 2 is 1.90 bits per heavy atom. The second-order valence-electron chi connectivity index (χ2n) is 6.91. The molecular formula is C22H19BrClF2NO3. The molecule has 3 rings (SSSR count). The lowest BCUT2D eigenvalue weighted by Crippen LogP contribution is -2.51. The molecule has 2 aromatic carbocycles. The van der Waals surface area contributed by atoms with Crippen molar-refractivity contribution >= 4 is 45.0 Å². The van der Waals surface area contributed by atoms with Gasteiger partial charge >= 0.3 is 11.9 Å². The number of hydrogen-bond acceptors (Lipinski definition) is 4. The first-order valence-corrected chi connectivity index (χ1v) is 10.4. The summed E-state index contributed by atoms with van der Waals surface area (Å²) in [7, 11) is 0. The number of carbonyl (C=O) groups excluding carboxylic acids is 2. The van der Waals surface area contributed by atoms with E-state index in [-0.39, 0.29) is 6.61 Å². The minimum Gasteiger partial charge on any atom is -0.462 e. The highest BCUT2D eigenvalue weighted by Crippen LogP contribution is 2.45. The highest BCUT2D eigenvalue weighted by molar-refractivity contribution is 9.10. The van der Waals surface area contributed by atoms with Crippen LogP contribution in [-0.4, -0.2) is 30.3 Å². The van der Waals surface area contributed by atoms with Gasteiger partial charge in [0.2, 0.25) is 0 Å². The van der Waals surface area contributed by atoms with Gasteiger partial charge in [-0.2, -0.15) is 8.78 Å². The quantitative estimate of drug-likeness (QED) is 0.509. The van der Waals surface area contributed by atoms with Crippen LogP contribution in [0.5, 0.6) is 0 Å². The molecule has 0 amide bonds. The maximum absolute atomic E-state index is 14.9. The number of halogens is 4. The zero-order valence-electron chi connectivity index (χ0n) is 16.0. The molecule has 0 fully saturated rings. The van der Waals surface area contributed by atoms with Crippen LogP contribution in [0.25, 0.3) is 0 Å². The monoisotopic (exact) mass is 497 g/mol. The lowest BCUT2D eigenvalue weighted by atomic mass is 9.70. The number of rotatable bonds is 7. The van der Waals surface area contributed by atoms with Gasteiger partial charge in [0.15, 0.2) is 5.78 Å². The van der Waals surface area contributed by atoms with Crippen LogP contribution in [-0.2, 0) is 19.7 Å². The highest BCUT2D eigenvalue weighted by Gasteiger charge is 2.57. The van der Waals surface area contributed by atoms with Crippen molar-refractivity contribution in [3.8, 4) is 0 Å². The summed E-state index contributed by atoms with van der Waals surface area (Å²) < 4.78 is 35.1. The van der Waals surface area contributed by atoms with E-state index in [1.54, 1.807) is 48.5 Å². The SMILES string of the molecule is CCOC(=O)C(F)(F)C[C@]1(c2ccc(Br)cc2)C(=O)C=C[C@H]1Nc1ccccc1Cl. The summed E-state index contributed by atoms with van der Waals surface area (Å²) in [6.07, 6.45) is 1.74. The van der Waals surface area contributed by atoms with Gasteiger partial charge in [0.25, 0.3) is 0 Å². The fourth-order valence-corrected chi connectivity index (χ4v) is 4.05. The van der Waals surface area contributed by atoms with Crippen LogP contribution in [0.2, 0.25) is 5.02 Å². The normalized spacial score (nSPS) is 21.0. The minimum atomic E-state index is -3.87. The highest BCUT2D eigenvalue weighted by atomic mass is 79.9. The van der Waals surface area contributed by atoms with Crippen molar-refractivity contribution < 1.29 is 23.1 Å². The first-order valence-electron chi connectivity index (χ1n) is 9.25. The molecule has 8 heteroatoms. The zero-order valence-corrected chi connectivity index (χ0v) is 18.3. The molecule has 0 heterocycles. The van der Waals surface area contributed by atoms with E-state index in [4.69, 9.17) is 11.6 Å². The Bertz CT molecular complexity index is 981. The molecule has 1 aliphatic carbocycles. The molecule has 0 unspecified atom stereocenters. The molecule has 1 aliphatic rings. The molecule has 0 radical (unpaired) electrons. The topological polar surface area (TPSA) is 55.4 Å². The van der Waals surface area contributed by atoms with Crippen molar-refractivity contribution in [2.24, 2.45) is 0 Å². The number of allylic oxidation sites excluding steroid dienone is 1. The summed E-state index contributed by atoms with van der Waals surface area (Å²) in [6, 6.07) is 12.5. The van der Waals surface area contributed by atoms with Gasteiger partial charge in [-0.3, -0.25) is 4.79 Å². The molecule has 4 nitrogen and oxygen atoms in total. The van der Waals surface area contributed by atoms with Crippen molar-refractivity contribution in [1.29, 1.82) is 0 Å². The van der Waals surface area contributed by atoms with Gasteiger partial charge in [0.05, 0.1) is 28.8 Å². The molecule has 0 spiro atoms. The fourth-order valence-electron chi connectivity index (χ4n) is 3.59. The number of para-hydroxylation sites is 1. The van der Waals surface area contributed by atoms with Crippen molar-refractivity contribution in [2.75, 3.05) is 11.9 Å². The van der Waals surface area contributed by atoms with Gasteiger partial charge in [0.1, 0.15) is 0 Å². The Hall–Kier alpha value is -2.25. The second kappa shape index (κ2) is 8.86. The lowest BCUT2D eigenvalue weighted by molar-refractivity contribution is -0.174. The number of nitrogens with one attached hydrogen (secondary N) is 1. The van der Waals surface area contributed by atoms with Gasteiger partial charge in [-0.1, -0.05) is 57.9 Å². The first-order chi connectivity index (χ1) is 14.2. The third-order valence-corrected chi connectivity index (χ3v) is 5.89.